The smallest absolute Gasteiger partial charge is 0.330 e. The molecule has 0 radical (unpaired) electrons. The summed E-state index contributed by atoms with van der Waals surface area (Å²) in [6, 6.07) is 0. The average molecular weight is 312 g/mol. The Bertz CT molecular complexity index is 385. The van der Waals surface area contributed by atoms with Crippen LogP contribution in [0.15, 0.2) is 25.3 Å². The van der Waals surface area contributed by atoms with E-state index in [2.05, 4.69) is 13.2 Å². The molecular weight excluding hydrogens is 288 g/mol. The molecule has 0 saturated heterocycles. The van der Waals surface area contributed by atoms with Crippen molar-refractivity contribution in [2.75, 3.05) is 20.8 Å². The molecule has 6 heteroatoms. The first-order chi connectivity index (χ1) is 10.5. The Kier molecular flexibility index (Phi) is 7.84. The molecule has 0 amide bonds. The van der Waals surface area contributed by atoms with Crippen molar-refractivity contribution in [2.45, 2.75) is 37.6 Å². The van der Waals surface area contributed by atoms with Crippen LogP contribution in [-0.4, -0.2) is 51.1 Å². The molecule has 0 aromatic heterocycles. The highest BCUT2D eigenvalue weighted by atomic mass is 16.6. The van der Waals surface area contributed by atoms with Crippen molar-refractivity contribution in [1.82, 2.24) is 0 Å². The summed E-state index contributed by atoms with van der Waals surface area (Å²) in [7, 11) is 3.13. The summed E-state index contributed by atoms with van der Waals surface area (Å²) >= 11 is 0. The minimum atomic E-state index is -0.490. The van der Waals surface area contributed by atoms with Crippen molar-refractivity contribution in [3.8, 4) is 0 Å². The molecule has 124 valence electrons. The fraction of sp³-hybridized carbons (Fsp3) is 0.625. The largest absolute Gasteiger partial charge is 0.456 e. The van der Waals surface area contributed by atoms with Gasteiger partial charge in [-0.15, -0.1) is 0 Å². The molecule has 1 aliphatic rings. The Balaban J connectivity index is 2.75. The van der Waals surface area contributed by atoms with E-state index >= 15 is 0 Å². The zero-order valence-electron chi connectivity index (χ0n) is 13.2. The van der Waals surface area contributed by atoms with Crippen LogP contribution < -0.4 is 0 Å². The minimum Gasteiger partial charge on any atom is -0.456 e. The Hall–Kier alpha value is -1.66. The highest BCUT2D eigenvalue weighted by Crippen LogP contribution is 2.32. The van der Waals surface area contributed by atoms with E-state index in [1.54, 1.807) is 14.2 Å². The normalized spacial score (nSPS) is 25.8. The zero-order chi connectivity index (χ0) is 16.5. The van der Waals surface area contributed by atoms with Gasteiger partial charge in [-0.2, -0.15) is 0 Å². The predicted molar refractivity (Wildman–Crippen MR) is 80.2 cm³/mol. The van der Waals surface area contributed by atoms with Crippen molar-refractivity contribution in [3.63, 3.8) is 0 Å². The number of carbonyl (C=O) groups is 2. The summed E-state index contributed by atoms with van der Waals surface area (Å²) in [5.74, 6) is -0.951. The molecule has 0 aromatic carbocycles. The van der Waals surface area contributed by atoms with Crippen LogP contribution in [0.3, 0.4) is 0 Å². The highest BCUT2D eigenvalue weighted by Gasteiger charge is 2.37. The summed E-state index contributed by atoms with van der Waals surface area (Å²) in [6.45, 7) is 7.07. The summed E-state index contributed by atoms with van der Waals surface area (Å²) in [5.41, 5.74) is 0. The third kappa shape index (κ3) is 5.27. The van der Waals surface area contributed by atoms with Gasteiger partial charge in [-0.1, -0.05) is 13.2 Å². The Morgan fingerprint density at radius 2 is 1.82 bits per heavy atom. The first-order valence-corrected chi connectivity index (χ1v) is 7.23. The van der Waals surface area contributed by atoms with Gasteiger partial charge in [0.2, 0.25) is 0 Å². The number of esters is 2. The molecule has 0 heterocycles. The topological polar surface area (TPSA) is 71.1 Å². The lowest BCUT2D eigenvalue weighted by atomic mass is 9.82. The van der Waals surface area contributed by atoms with E-state index in [0.717, 1.165) is 18.6 Å². The van der Waals surface area contributed by atoms with Crippen LogP contribution >= 0.6 is 0 Å². The van der Waals surface area contributed by atoms with Gasteiger partial charge in [-0.05, 0) is 19.3 Å². The lowest BCUT2D eigenvalue weighted by Crippen LogP contribution is -2.43. The van der Waals surface area contributed by atoms with E-state index in [1.807, 2.05) is 0 Å². The standard InChI is InChI=1S/C16H24O6/c1-5-15(17)21-13-9-11(7-8-12(13)20-4)14(10-19-3)22-16(18)6-2/h5-6,11-14H,1-2,7-10H2,3-4H3. The van der Waals surface area contributed by atoms with Crippen LogP contribution in [0.25, 0.3) is 0 Å². The molecule has 0 spiro atoms. The molecular formula is C16H24O6. The first kappa shape index (κ1) is 18.4. The van der Waals surface area contributed by atoms with E-state index in [-0.39, 0.29) is 18.6 Å². The molecule has 1 rings (SSSR count). The second-order valence-corrected chi connectivity index (χ2v) is 5.16. The molecule has 22 heavy (non-hydrogen) atoms. The minimum absolute atomic E-state index is 0.0258. The maximum absolute atomic E-state index is 11.4. The fourth-order valence-corrected chi connectivity index (χ4v) is 2.69. The molecule has 1 saturated carbocycles. The van der Waals surface area contributed by atoms with E-state index in [1.165, 1.54) is 0 Å². The fourth-order valence-electron chi connectivity index (χ4n) is 2.69. The third-order valence-corrected chi connectivity index (χ3v) is 3.80. The third-order valence-electron chi connectivity index (χ3n) is 3.80. The van der Waals surface area contributed by atoms with E-state index in [9.17, 15) is 9.59 Å². The highest BCUT2D eigenvalue weighted by molar-refractivity contribution is 5.81. The summed E-state index contributed by atoms with van der Waals surface area (Å²) in [4.78, 5) is 22.9. The lowest BCUT2D eigenvalue weighted by molar-refractivity contribution is -0.164. The lowest BCUT2D eigenvalue weighted by Gasteiger charge is -2.37. The van der Waals surface area contributed by atoms with Gasteiger partial charge in [0, 0.05) is 32.3 Å². The van der Waals surface area contributed by atoms with Gasteiger partial charge in [0.1, 0.15) is 12.2 Å². The summed E-state index contributed by atoms with van der Waals surface area (Å²) in [5, 5.41) is 0. The van der Waals surface area contributed by atoms with Gasteiger partial charge in [-0.25, -0.2) is 9.59 Å². The predicted octanol–water partition coefficient (Wildman–Crippen LogP) is 1.64. The van der Waals surface area contributed by atoms with Crippen LogP contribution in [0.1, 0.15) is 19.3 Å². The van der Waals surface area contributed by atoms with Gasteiger partial charge in [0.15, 0.2) is 0 Å². The van der Waals surface area contributed by atoms with Crippen LogP contribution in [0.4, 0.5) is 0 Å². The second-order valence-electron chi connectivity index (χ2n) is 5.16. The van der Waals surface area contributed by atoms with Crippen molar-refractivity contribution >= 4 is 11.9 Å². The molecule has 4 atom stereocenters. The Morgan fingerprint density at radius 1 is 1.14 bits per heavy atom. The van der Waals surface area contributed by atoms with Crippen LogP contribution in [-0.2, 0) is 28.5 Å². The molecule has 1 fully saturated rings. The molecule has 0 aliphatic heterocycles. The van der Waals surface area contributed by atoms with Crippen molar-refractivity contribution in [1.29, 1.82) is 0 Å². The number of rotatable bonds is 8. The zero-order valence-corrected chi connectivity index (χ0v) is 13.2. The van der Waals surface area contributed by atoms with Crippen molar-refractivity contribution < 1.29 is 28.5 Å². The van der Waals surface area contributed by atoms with Crippen molar-refractivity contribution in [3.05, 3.63) is 25.3 Å². The number of carbonyl (C=O) groups excluding carboxylic acids is 2. The summed E-state index contributed by atoms with van der Waals surface area (Å²) < 4.78 is 21.2. The SMILES string of the molecule is C=CC(=O)OC(COC)C1CCC(OC)C(OC(=O)C=C)C1. The van der Waals surface area contributed by atoms with Gasteiger partial charge < -0.3 is 18.9 Å². The van der Waals surface area contributed by atoms with E-state index < -0.39 is 24.1 Å². The Labute approximate surface area is 131 Å². The van der Waals surface area contributed by atoms with Crippen LogP contribution in [0.2, 0.25) is 0 Å². The Morgan fingerprint density at radius 3 is 2.36 bits per heavy atom. The first-order valence-electron chi connectivity index (χ1n) is 7.23. The quantitative estimate of drug-likeness (QED) is 0.501. The summed E-state index contributed by atoms with van der Waals surface area (Å²) in [6.07, 6.45) is 3.32. The average Bonchev–Trinajstić information content (AvgIpc) is 2.54. The molecule has 0 bridgehead atoms. The monoisotopic (exact) mass is 312 g/mol. The maximum Gasteiger partial charge on any atom is 0.330 e. The molecule has 1 aliphatic carbocycles. The molecule has 0 N–H and O–H groups in total. The van der Waals surface area contributed by atoms with Gasteiger partial charge in [0.05, 0.1) is 12.7 Å². The molecule has 6 nitrogen and oxygen atoms in total. The number of hydrogen-bond acceptors (Lipinski definition) is 6. The van der Waals surface area contributed by atoms with E-state index in [4.69, 9.17) is 18.9 Å². The second kappa shape index (κ2) is 9.38. The number of ether oxygens (including phenoxy) is 4. The van der Waals surface area contributed by atoms with Crippen molar-refractivity contribution in [2.24, 2.45) is 5.92 Å². The maximum atomic E-state index is 11.4. The number of methoxy groups -OCH3 is 2. The van der Waals surface area contributed by atoms with Gasteiger partial charge in [-0.3, -0.25) is 0 Å². The van der Waals surface area contributed by atoms with Crippen LogP contribution in [0, 0.1) is 5.92 Å². The molecule has 4 unspecified atom stereocenters. The molecule has 0 aromatic rings. The van der Waals surface area contributed by atoms with Gasteiger partial charge >= 0.3 is 11.9 Å². The van der Waals surface area contributed by atoms with Gasteiger partial charge in [0.25, 0.3) is 0 Å². The van der Waals surface area contributed by atoms with E-state index in [0.29, 0.717) is 12.8 Å². The van der Waals surface area contributed by atoms with Crippen LogP contribution in [0.5, 0.6) is 0 Å². The number of hydrogen-bond donors (Lipinski definition) is 0.